The van der Waals surface area contributed by atoms with E-state index in [1.807, 2.05) is 38.1 Å². The minimum atomic E-state index is -0.367. The number of ether oxygens (including phenoxy) is 1. The van der Waals surface area contributed by atoms with Crippen LogP contribution in [0.1, 0.15) is 25.0 Å². The van der Waals surface area contributed by atoms with Gasteiger partial charge in [-0.25, -0.2) is 9.18 Å². The first-order valence-electron chi connectivity index (χ1n) is 11.9. The molecule has 1 atom stereocenters. The highest BCUT2D eigenvalue weighted by atomic mass is 19.1. The van der Waals surface area contributed by atoms with Crippen molar-refractivity contribution in [1.29, 1.82) is 0 Å². The summed E-state index contributed by atoms with van der Waals surface area (Å²) >= 11 is 0. The molecule has 2 aromatic rings. The molecular weight excluding hydrogens is 451 g/mol. The molecule has 0 bridgehead atoms. The third kappa shape index (κ3) is 6.16. The first-order chi connectivity index (χ1) is 16.8. The topological polar surface area (TPSA) is 82.2 Å². The Morgan fingerprint density at radius 1 is 1.06 bits per heavy atom. The van der Waals surface area contributed by atoms with Gasteiger partial charge < -0.3 is 19.9 Å². The van der Waals surface area contributed by atoms with Gasteiger partial charge in [0.2, 0.25) is 11.8 Å². The van der Waals surface area contributed by atoms with E-state index in [4.69, 9.17) is 4.74 Å². The van der Waals surface area contributed by atoms with Crippen molar-refractivity contribution in [3.05, 3.63) is 65.5 Å². The molecule has 0 aliphatic carbocycles. The van der Waals surface area contributed by atoms with Gasteiger partial charge in [-0.2, -0.15) is 0 Å². The third-order valence-corrected chi connectivity index (χ3v) is 6.31. The molecule has 2 heterocycles. The van der Waals surface area contributed by atoms with E-state index in [-0.39, 0.29) is 55.4 Å². The number of carbonyl (C=O) groups is 3. The summed E-state index contributed by atoms with van der Waals surface area (Å²) in [5.74, 6) is -0.587. The number of rotatable bonds is 7. The molecule has 2 fully saturated rings. The van der Waals surface area contributed by atoms with Crippen molar-refractivity contribution in [1.82, 2.24) is 15.1 Å². The number of nitrogens with one attached hydrogen (secondary N) is 1. The first kappa shape index (κ1) is 24.7. The van der Waals surface area contributed by atoms with Gasteiger partial charge in [0.05, 0.1) is 25.7 Å². The zero-order valence-corrected chi connectivity index (χ0v) is 20.1. The van der Waals surface area contributed by atoms with Gasteiger partial charge in [0.15, 0.2) is 0 Å². The average molecular weight is 483 g/mol. The number of urea groups is 1. The molecule has 186 valence electrons. The molecule has 2 aliphatic heterocycles. The van der Waals surface area contributed by atoms with Gasteiger partial charge in [-0.3, -0.25) is 14.5 Å². The van der Waals surface area contributed by atoms with Gasteiger partial charge in [0, 0.05) is 37.9 Å². The van der Waals surface area contributed by atoms with Crippen molar-refractivity contribution in [2.45, 2.75) is 39.0 Å². The standard InChI is InChI=1S/C26H31FN4O4/c1-18(2)31-15-23(35-17-20-3-7-21(27)8-4-20)14-29(16-25(31)33)24(32)13-19-5-9-22(10-6-19)30-12-11-28-26(30)34/h3-10,18,23H,11-17H2,1-2H3,(H,28,34). The Morgan fingerprint density at radius 3 is 2.37 bits per heavy atom. The second kappa shape index (κ2) is 10.9. The number of hydrogen-bond acceptors (Lipinski definition) is 4. The van der Waals surface area contributed by atoms with Gasteiger partial charge in [-0.1, -0.05) is 24.3 Å². The lowest BCUT2D eigenvalue weighted by molar-refractivity contribution is -0.139. The van der Waals surface area contributed by atoms with E-state index in [0.29, 0.717) is 26.2 Å². The van der Waals surface area contributed by atoms with E-state index in [0.717, 1.165) is 16.8 Å². The molecule has 0 saturated carbocycles. The molecule has 0 aromatic heterocycles. The number of anilines is 1. The van der Waals surface area contributed by atoms with E-state index < -0.39 is 0 Å². The lowest BCUT2D eigenvalue weighted by Gasteiger charge is -2.27. The second-order valence-electron chi connectivity index (χ2n) is 9.20. The fourth-order valence-electron chi connectivity index (χ4n) is 4.33. The summed E-state index contributed by atoms with van der Waals surface area (Å²) in [5.41, 5.74) is 2.41. The Kier molecular flexibility index (Phi) is 7.65. The summed E-state index contributed by atoms with van der Waals surface area (Å²) in [6.07, 6.45) is -0.222. The largest absolute Gasteiger partial charge is 0.370 e. The molecule has 1 N–H and O–H groups in total. The Morgan fingerprint density at radius 2 is 1.74 bits per heavy atom. The highest BCUT2D eigenvalue weighted by Crippen LogP contribution is 2.19. The van der Waals surface area contributed by atoms with Crippen LogP contribution in [0.2, 0.25) is 0 Å². The molecule has 2 aromatic carbocycles. The molecule has 9 heteroatoms. The highest BCUT2D eigenvalue weighted by molar-refractivity contribution is 5.94. The quantitative estimate of drug-likeness (QED) is 0.658. The van der Waals surface area contributed by atoms with Crippen LogP contribution in [0.15, 0.2) is 48.5 Å². The van der Waals surface area contributed by atoms with Crippen LogP contribution in [0.3, 0.4) is 0 Å². The maximum atomic E-state index is 13.2. The van der Waals surface area contributed by atoms with Crippen LogP contribution in [-0.2, 0) is 27.4 Å². The van der Waals surface area contributed by atoms with Crippen LogP contribution >= 0.6 is 0 Å². The predicted molar refractivity (Wildman–Crippen MR) is 129 cm³/mol. The van der Waals surface area contributed by atoms with E-state index in [2.05, 4.69) is 5.32 Å². The molecule has 8 nitrogen and oxygen atoms in total. The molecule has 1 unspecified atom stereocenters. The lowest BCUT2D eigenvalue weighted by Crippen LogP contribution is -2.42. The SMILES string of the molecule is CC(C)N1CC(OCc2ccc(F)cc2)CN(C(=O)Cc2ccc(N3CCNC3=O)cc2)CC1=O. The Bertz CT molecular complexity index is 1060. The summed E-state index contributed by atoms with van der Waals surface area (Å²) in [5, 5.41) is 2.77. The van der Waals surface area contributed by atoms with Crippen LogP contribution in [0.5, 0.6) is 0 Å². The smallest absolute Gasteiger partial charge is 0.321 e. The van der Waals surface area contributed by atoms with E-state index >= 15 is 0 Å². The van der Waals surface area contributed by atoms with Crippen LogP contribution in [0.4, 0.5) is 14.9 Å². The number of benzene rings is 2. The summed E-state index contributed by atoms with van der Waals surface area (Å²) in [6, 6.07) is 13.3. The van der Waals surface area contributed by atoms with Crippen LogP contribution < -0.4 is 10.2 Å². The van der Waals surface area contributed by atoms with Crippen molar-refractivity contribution >= 4 is 23.5 Å². The molecule has 2 aliphatic rings. The minimum absolute atomic E-state index is 0.000542. The fourth-order valence-corrected chi connectivity index (χ4v) is 4.33. The molecular formula is C26H31FN4O4. The van der Waals surface area contributed by atoms with Gasteiger partial charge >= 0.3 is 6.03 Å². The summed E-state index contributed by atoms with van der Waals surface area (Å²) < 4.78 is 19.3. The van der Waals surface area contributed by atoms with Crippen LogP contribution in [0.25, 0.3) is 0 Å². The molecule has 4 rings (SSSR count). The normalized spacial score (nSPS) is 18.7. The van der Waals surface area contributed by atoms with Gasteiger partial charge in [-0.05, 0) is 49.2 Å². The van der Waals surface area contributed by atoms with Crippen molar-refractivity contribution < 1.29 is 23.5 Å². The number of carbonyl (C=O) groups excluding carboxylic acids is 3. The lowest BCUT2D eigenvalue weighted by atomic mass is 10.1. The molecule has 0 radical (unpaired) electrons. The van der Waals surface area contributed by atoms with Crippen LogP contribution in [-0.4, -0.2) is 72.5 Å². The van der Waals surface area contributed by atoms with Gasteiger partial charge in [0.25, 0.3) is 0 Å². The number of hydrogen-bond donors (Lipinski definition) is 1. The number of nitrogens with zero attached hydrogens (tertiary/aromatic N) is 3. The predicted octanol–water partition coefficient (Wildman–Crippen LogP) is 2.56. The van der Waals surface area contributed by atoms with Crippen molar-refractivity contribution in [2.75, 3.05) is 37.6 Å². The maximum Gasteiger partial charge on any atom is 0.321 e. The summed E-state index contributed by atoms with van der Waals surface area (Å²) in [7, 11) is 0. The Balaban J connectivity index is 1.42. The maximum absolute atomic E-state index is 13.2. The monoisotopic (exact) mass is 482 g/mol. The highest BCUT2D eigenvalue weighted by Gasteiger charge is 2.32. The molecule has 35 heavy (non-hydrogen) atoms. The molecule has 4 amide bonds. The average Bonchev–Trinajstić information content (AvgIpc) is 3.18. The van der Waals surface area contributed by atoms with Crippen molar-refractivity contribution in [3.8, 4) is 0 Å². The summed E-state index contributed by atoms with van der Waals surface area (Å²) in [4.78, 5) is 42.9. The van der Waals surface area contributed by atoms with Gasteiger partial charge in [0.1, 0.15) is 5.82 Å². The Hall–Kier alpha value is -3.46. The second-order valence-corrected chi connectivity index (χ2v) is 9.20. The van der Waals surface area contributed by atoms with Crippen molar-refractivity contribution in [3.63, 3.8) is 0 Å². The van der Waals surface area contributed by atoms with E-state index in [9.17, 15) is 18.8 Å². The van der Waals surface area contributed by atoms with E-state index in [1.54, 1.807) is 26.8 Å². The third-order valence-electron chi connectivity index (χ3n) is 6.31. The number of amides is 4. The first-order valence-corrected chi connectivity index (χ1v) is 11.9. The summed E-state index contributed by atoms with van der Waals surface area (Å²) in [6.45, 7) is 6.04. The van der Waals surface area contributed by atoms with Crippen LogP contribution in [0, 0.1) is 5.82 Å². The Labute approximate surface area is 204 Å². The number of halogens is 1. The molecule has 0 spiro atoms. The zero-order valence-electron chi connectivity index (χ0n) is 20.1. The van der Waals surface area contributed by atoms with Crippen molar-refractivity contribution in [2.24, 2.45) is 0 Å². The fraction of sp³-hybridized carbons (Fsp3) is 0.423. The molecule has 2 saturated heterocycles. The minimum Gasteiger partial charge on any atom is -0.370 e. The van der Waals surface area contributed by atoms with Gasteiger partial charge in [-0.15, -0.1) is 0 Å². The van der Waals surface area contributed by atoms with E-state index in [1.165, 1.54) is 12.1 Å². The zero-order chi connectivity index (χ0) is 24.9.